The molecule has 0 unspecified atom stereocenters. The number of hydrogen-bond donors (Lipinski definition) is 1. The third-order valence-electron chi connectivity index (χ3n) is 3.85. The number of hydrogen-bond acceptors (Lipinski definition) is 5. The molecule has 1 amide bonds. The summed E-state index contributed by atoms with van der Waals surface area (Å²) < 4.78 is 11.7. The number of nitrogens with zero attached hydrogens (tertiary/aromatic N) is 2. The highest BCUT2D eigenvalue weighted by molar-refractivity contribution is 9.10. The smallest absolute Gasteiger partial charge is 0.258 e. The average molecular weight is 416 g/mol. The van der Waals surface area contributed by atoms with Crippen LogP contribution in [0, 0.1) is 0 Å². The van der Waals surface area contributed by atoms with Crippen molar-refractivity contribution in [1.82, 2.24) is 15.5 Å². The molecule has 6 nitrogen and oxygen atoms in total. The minimum atomic E-state index is -0.166. The van der Waals surface area contributed by atoms with Gasteiger partial charge < -0.3 is 14.5 Å². The van der Waals surface area contributed by atoms with Gasteiger partial charge in [-0.3, -0.25) is 4.79 Å². The highest BCUT2D eigenvalue weighted by atomic mass is 79.9. The van der Waals surface area contributed by atoms with Crippen molar-refractivity contribution >= 4 is 21.8 Å². The van der Waals surface area contributed by atoms with E-state index in [1.54, 1.807) is 24.3 Å². The third kappa shape index (κ3) is 4.70. The maximum Gasteiger partial charge on any atom is 0.258 e. The molecule has 0 spiro atoms. The Morgan fingerprint density at radius 2 is 1.92 bits per heavy atom. The Hall–Kier alpha value is -2.67. The Kier molecular flexibility index (Phi) is 6.01. The Morgan fingerprint density at radius 1 is 1.19 bits per heavy atom. The zero-order chi connectivity index (χ0) is 18.4. The quantitative estimate of drug-likeness (QED) is 0.626. The minimum absolute atomic E-state index is 0.0425. The fourth-order valence-corrected chi connectivity index (χ4v) is 2.76. The molecule has 0 saturated heterocycles. The van der Waals surface area contributed by atoms with Crippen molar-refractivity contribution in [1.29, 1.82) is 0 Å². The van der Waals surface area contributed by atoms with Gasteiger partial charge in [0.1, 0.15) is 5.75 Å². The van der Waals surface area contributed by atoms with Crippen LogP contribution >= 0.6 is 15.9 Å². The van der Waals surface area contributed by atoms with Crippen molar-refractivity contribution in [2.24, 2.45) is 0 Å². The number of nitrogens with one attached hydrogen (secondary N) is 1. The lowest BCUT2D eigenvalue weighted by atomic mass is 10.0. The molecule has 0 aliphatic carbocycles. The van der Waals surface area contributed by atoms with Crippen molar-refractivity contribution in [2.75, 3.05) is 6.61 Å². The summed E-state index contributed by atoms with van der Waals surface area (Å²) in [7, 11) is 0. The number of halogens is 1. The highest BCUT2D eigenvalue weighted by Gasteiger charge is 2.13. The molecular formula is C19H18BrN3O3. The lowest BCUT2D eigenvalue weighted by Crippen LogP contribution is -2.32. The Labute approximate surface area is 159 Å². The summed E-state index contributed by atoms with van der Waals surface area (Å²) in [6, 6.07) is 15.0. The van der Waals surface area contributed by atoms with E-state index in [1.807, 2.05) is 31.2 Å². The van der Waals surface area contributed by atoms with Gasteiger partial charge in [0.15, 0.2) is 6.61 Å². The first-order valence-corrected chi connectivity index (χ1v) is 8.99. The Balaban J connectivity index is 1.54. The van der Waals surface area contributed by atoms with Crippen LogP contribution in [-0.2, 0) is 4.79 Å². The van der Waals surface area contributed by atoms with Crippen molar-refractivity contribution in [3.8, 4) is 17.2 Å². The molecule has 0 fully saturated rings. The maximum absolute atomic E-state index is 12.2. The number of carbonyl (C=O) groups is 1. The molecule has 1 heterocycles. The topological polar surface area (TPSA) is 77.2 Å². The molecule has 3 rings (SSSR count). The predicted octanol–water partition coefficient (Wildman–Crippen LogP) is 4.15. The fraction of sp³-hybridized carbons (Fsp3) is 0.211. The molecular weight excluding hydrogens is 398 g/mol. The third-order valence-corrected chi connectivity index (χ3v) is 4.38. The summed E-state index contributed by atoms with van der Waals surface area (Å²) in [6.07, 6.45) is 2.08. The van der Waals surface area contributed by atoms with E-state index in [9.17, 15) is 4.79 Å². The van der Waals surface area contributed by atoms with E-state index in [2.05, 4.69) is 31.4 Å². The summed E-state index contributed by atoms with van der Waals surface area (Å²) in [5.74, 6) is 0.871. The molecule has 3 aromatic rings. The van der Waals surface area contributed by atoms with Crippen LogP contribution in [0.25, 0.3) is 11.5 Å². The van der Waals surface area contributed by atoms with Crippen LogP contribution in [0.15, 0.2) is 63.8 Å². The summed E-state index contributed by atoms with van der Waals surface area (Å²) in [6.45, 7) is 1.98. The van der Waals surface area contributed by atoms with Crippen LogP contribution < -0.4 is 10.1 Å². The minimum Gasteiger partial charge on any atom is -0.484 e. The van der Waals surface area contributed by atoms with Gasteiger partial charge in [0.2, 0.25) is 12.3 Å². The summed E-state index contributed by atoms with van der Waals surface area (Å²) in [5.41, 5.74) is 1.86. The van der Waals surface area contributed by atoms with Crippen LogP contribution in [-0.4, -0.2) is 22.7 Å². The lowest BCUT2D eigenvalue weighted by Gasteiger charge is -2.18. The zero-order valence-corrected chi connectivity index (χ0v) is 15.8. The summed E-state index contributed by atoms with van der Waals surface area (Å²) in [4.78, 5) is 12.2. The first-order chi connectivity index (χ1) is 12.7. The summed E-state index contributed by atoms with van der Waals surface area (Å²) >= 11 is 3.42. The zero-order valence-electron chi connectivity index (χ0n) is 14.2. The van der Waals surface area contributed by atoms with Gasteiger partial charge in [-0.15, -0.1) is 10.2 Å². The van der Waals surface area contributed by atoms with Crippen molar-refractivity contribution in [2.45, 2.75) is 19.4 Å². The average Bonchev–Trinajstić information content (AvgIpc) is 3.20. The molecule has 7 heteroatoms. The number of rotatable bonds is 7. The van der Waals surface area contributed by atoms with Crippen LogP contribution in [0.2, 0.25) is 0 Å². The second-order valence-corrected chi connectivity index (χ2v) is 6.55. The molecule has 2 aromatic carbocycles. The van der Waals surface area contributed by atoms with Gasteiger partial charge in [0.25, 0.3) is 5.91 Å². The summed E-state index contributed by atoms with van der Waals surface area (Å²) in [5, 5.41) is 10.5. The van der Waals surface area contributed by atoms with E-state index < -0.39 is 0 Å². The number of aromatic nitrogens is 2. The Morgan fingerprint density at radius 3 is 2.54 bits per heavy atom. The Bertz CT molecular complexity index is 833. The molecule has 0 saturated carbocycles. The van der Waals surface area contributed by atoms with Crippen LogP contribution in [0.4, 0.5) is 0 Å². The number of benzene rings is 2. The van der Waals surface area contributed by atoms with E-state index in [4.69, 9.17) is 9.15 Å². The van der Waals surface area contributed by atoms with E-state index in [-0.39, 0.29) is 18.6 Å². The van der Waals surface area contributed by atoms with E-state index >= 15 is 0 Å². The fourth-order valence-electron chi connectivity index (χ4n) is 2.49. The first-order valence-electron chi connectivity index (χ1n) is 8.20. The van der Waals surface area contributed by atoms with Gasteiger partial charge in [0.05, 0.1) is 6.04 Å². The van der Waals surface area contributed by atoms with Crippen molar-refractivity contribution in [3.63, 3.8) is 0 Å². The van der Waals surface area contributed by atoms with Crippen LogP contribution in [0.3, 0.4) is 0 Å². The molecule has 0 aliphatic heterocycles. The highest BCUT2D eigenvalue weighted by Crippen LogP contribution is 2.21. The van der Waals surface area contributed by atoms with Gasteiger partial charge >= 0.3 is 0 Å². The van der Waals surface area contributed by atoms with Gasteiger partial charge in [0, 0.05) is 10.0 Å². The standard InChI is InChI=1S/C19H18BrN3O3/c1-2-17(13-3-7-15(20)8-4-13)22-18(24)11-25-16-9-5-14(6-10-16)19-23-21-12-26-19/h3-10,12,17H,2,11H2,1H3,(H,22,24)/t17-/m0/s1. The first kappa shape index (κ1) is 18.1. The van der Waals surface area contributed by atoms with Gasteiger partial charge in [-0.25, -0.2) is 0 Å². The van der Waals surface area contributed by atoms with E-state index in [0.29, 0.717) is 11.6 Å². The molecule has 1 aromatic heterocycles. The normalized spacial score (nSPS) is 11.8. The van der Waals surface area contributed by atoms with Gasteiger partial charge in [-0.2, -0.15) is 0 Å². The molecule has 134 valence electrons. The second-order valence-electron chi connectivity index (χ2n) is 5.64. The monoisotopic (exact) mass is 415 g/mol. The molecule has 0 bridgehead atoms. The molecule has 0 aliphatic rings. The number of carbonyl (C=O) groups excluding carboxylic acids is 1. The van der Waals surface area contributed by atoms with Crippen LogP contribution in [0.1, 0.15) is 24.9 Å². The largest absolute Gasteiger partial charge is 0.484 e. The molecule has 26 heavy (non-hydrogen) atoms. The van der Waals surface area contributed by atoms with Gasteiger partial charge in [-0.1, -0.05) is 35.0 Å². The van der Waals surface area contributed by atoms with Crippen LogP contribution in [0.5, 0.6) is 5.75 Å². The van der Waals surface area contributed by atoms with Crippen molar-refractivity contribution in [3.05, 3.63) is 65.0 Å². The van der Waals surface area contributed by atoms with E-state index in [1.165, 1.54) is 6.39 Å². The molecule has 0 radical (unpaired) electrons. The van der Waals surface area contributed by atoms with Gasteiger partial charge in [-0.05, 0) is 48.4 Å². The molecule has 1 atom stereocenters. The lowest BCUT2D eigenvalue weighted by molar-refractivity contribution is -0.123. The number of amides is 1. The van der Waals surface area contributed by atoms with Crippen molar-refractivity contribution < 1.29 is 13.9 Å². The SMILES string of the molecule is CC[C@H](NC(=O)COc1ccc(-c2nnco2)cc1)c1ccc(Br)cc1. The molecule has 1 N–H and O–H groups in total. The number of ether oxygens (including phenoxy) is 1. The maximum atomic E-state index is 12.2. The second kappa shape index (κ2) is 8.62. The van der Waals surface area contributed by atoms with E-state index in [0.717, 1.165) is 22.0 Å². The predicted molar refractivity (Wildman–Crippen MR) is 101 cm³/mol.